The van der Waals surface area contributed by atoms with Crippen molar-refractivity contribution in [1.29, 1.82) is 0 Å². The predicted octanol–water partition coefficient (Wildman–Crippen LogP) is 4.76. The molecule has 0 radical (unpaired) electrons. The van der Waals surface area contributed by atoms with Crippen LogP contribution < -0.4 is 16.0 Å². The number of hydrogen-bond acceptors (Lipinski definition) is 5. The van der Waals surface area contributed by atoms with Crippen LogP contribution in [0, 0.1) is 14.8 Å². The number of thiophene rings is 1. The van der Waals surface area contributed by atoms with Crippen molar-refractivity contribution >= 4 is 56.4 Å². The maximum Gasteiger partial charge on any atom is 0.261 e. The quantitative estimate of drug-likeness (QED) is 0.429. The average molecular weight is 584 g/mol. The van der Waals surface area contributed by atoms with Gasteiger partial charge in [-0.25, -0.2) is 4.39 Å². The molecule has 0 aliphatic carbocycles. The number of nitrogens with one attached hydrogen (secondary N) is 3. The molecule has 1 fully saturated rings. The van der Waals surface area contributed by atoms with Gasteiger partial charge in [-0.2, -0.15) is 0 Å². The van der Waals surface area contributed by atoms with Gasteiger partial charge in [0.25, 0.3) is 11.8 Å². The Labute approximate surface area is 211 Å². The van der Waals surface area contributed by atoms with E-state index in [0.29, 0.717) is 35.0 Å². The Kier molecular flexibility index (Phi) is 7.59. The zero-order valence-electron chi connectivity index (χ0n) is 19.0. The van der Waals surface area contributed by atoms with Gasteiger partial charge in [0, 0.05) is 23.2 Å². The molecule has 0 spiro atoms. The lowest BCUT2D eigenvalue weighted by molar-refractivity contribution is 0.0942. The van der Waals surface area contributed by atoms with Crippen LogP contribution in [0.25, 0.3) is 0 Å². The second kappa shape index (κ2) is 10.3. The maximum atomic E-state index is 14.6. The summed E-state index contributed by atoms with van der Waals surface area (Å²) < 4.78 is 15.4. The van der Waals surface area contributed by atoms with Crippen LogP contribution in [0.3, 0.4) is 0 Å². The first-order chi connectivity index (χ1) is 15.7. The highest BCUT2D eigenvalue weighted by Gasteiger charge is 2.34. The summed E-state index contributed by atoms with van der Waals surface area (Å²) in [5.74, 6) is -0.797. The molecule has 2 aliphatic rings. The number of anilines is 2. The molecule has 3 N–H and O–H groups in total. The zero-order valence-corrected chi connectivity index (χ0v) is 22.0. The van der Waals surface area contributed by atoms with Gasteiger partial charge in [-0.05, 0) is 84.1 Å². The second-order valence-corrected chi connectivity index (χ2v) is 11.8. The van der Waals surface area contributed by atoms with E-state index in [2.05, 4.69) is 57.3 Å². The third kappa shape index (κ3) is 5.86. The Balaban J connectivity index is 1.63. The molecule has 178 valence electrons. The van der Waals surface area contributed by atoms with Gasteiger partial charge in [0.1, 0.15) is 10.8 Å². The molecule has 1 saturated heterocycles. The number of amides is 2. The van der Waals surface area contributed by atoms with Gasteiger partial charge in [0.15, 0.2) is 0 Å². The molecule has 0 bridgehead atoms. The summed E-state index contributed by atoms with van der Waals surface area (Å²) in [4.78, 5) is 29.1. The van der Waals surface area contributed by atoms with Crippen molar-refractivity contribution in [3.05, 3.63) is 43.6 Å². The molecular formula is C24H30FIN4O2S. The maximum absolute atomic E-state index is 14.6. The van der Waals surface area contributed by atoms with Crippen molar-refractivity contribution < 1.29 is 14.0 Å². The first-order valence-electron chi connectivity index (χ1n) is 11.4. The summed E-state index contributed by atoms with van der Waals surface area (Å²) in [5.41, 5.74) is 1.28. The number of carbonyl (C=O) groups is 2. The molecule has 1 aromatic carbocycles. The topological polar surface area (TPSA) is 73.5 Å². The van der Waals surface area contributed by atoms with Gasteiger partial charge in [0.2, 0.25) is 0 Å². The van der Waals surface area contributed by atoms with Gasteiger partial charge in [-0.1, -0.05) is 20.3 Å². The molecule has 1 aromatic heterocycles. The van der Waals surface area contributed by atoms with Crippen molar-refractivity contribution in [3.8, 4) is 0 Å². The Hall–Kier alpha value is -1.72. The molecule has 4 rings (SSSR count). The Morgan fingerprint density at radius 2 is 2.03 bits per heavy atom. The first kappa shape index (κ1) is 24.4. The fourth-order valence-corrected chi connectivity index (χ4v) is 6.00. The third-order valence-electron chi connectivity index (χ3n) is 6.16. The molecule has 2 aromatic rings. The predicted molar refractivity (Wildman–Crippen MR) is 139 cm³/mol. The Bertz CT molecular complexity index is 1050. The minimum absolute atomic E-state index is 0.181. The first-order valence-corrected chi connectivity index (χ1v) is 13.3. The van der Waals surface area contributed by atoms with Gasteiger partial charge in [0.05, 0.1) is 16.1 Å². The average Bonchev–Trinajstić information content (AvgIpc) is 3.06. The number of rotatable bonds is 6. The smallest absolute Gasteiger partial charge is 0.261 e. The van der Waals surface area contributed by atoms with Crippen molar-refractivity contribution in [1.82, 2.24) is 15.5 Å². The fraction of sp³-hybridized carbons (Fsp3) is 0.500. The minimum Gasteiger partial charge on any atom is -0.351 e. The standard InChI is InChI=1S/C24H30FIN4O2S/c1-24(2)13-16-19(21(31)27-8-11-30-9-4-3-5-10-30)23(33-20(16)22(32)28-14-24)29-18-7-6-15(26)12-17(18)25/h6-7,12,29H,3-5,8-11,13-14H2,1-2H3,(H,27,31)(H,28,32). The highest BCUT2D eigenvalue weighted by Crippen LogP contribution is 2.40. The summed E-state index contributed by atoms with van der Waals surface area (Å²) in [5, 5.41) is 9.63. The van der Waals surface area contributed by atoms with Crippen molar-refractivity contribution in [2.45, 2.75) is 39.5 Å². The number of hydrogen-bond donors (Lipinski definition) is 3. The zero-order chi connectivity index (χ0) is 23.6. The lowest BCUT2D eigenvalue weighted by Crippen LogP contribution is -2.38. The van der Waals surface area contributed by atoms with Crippen LogP contribution in [0.15, 0.2) is 18.2 Å². The van der Waals surface area contributed by atoms with Gasteiger partial charge >= 0.3 is 0 Å². The van der Waals surface area contributed by atoms with Crippen LogP contribution in [0.4, 0.5) is 15.1 Å². The van der Waals surface area contributed by atoms with Crippen LogP contribution in [0.2, 0.25) is 0 Å². The summed E-state index contributed by atoms with van der Waals surface area (Å²) in [6.07, 6.45) is 4.26. The Morgan fingerprint density at radius 1 is 1.27 bits per heavy atom. The molecule has 6 nitrogen and oxygen atoms in total. The number of piperidine rings is 1. The number of nitrogens with zero attached hydrogens (tertiary/aromatic N) is 1. The molecule has 0 unspecified atom stereocenters. The highest BCUT2D eigenvalue weighted by atomic mass is 127. The molecule has 33 heavy (non-hydrogen) atoms. The summed E-state index contributed by atoms with van der Waals surface area (Å²) in [6, 6.07) is 4.90. The van der Waals surface area contributed by atoms with Crippen molar-refractivity contribution in [2.24, 2.45) is 5.41 Å². The van der Waals surface area contributed by atoms with E-state index in [-0.39, 0.29) is 22.9 Å². The van der Waals surface area contributed by atoms with Crippen molar-refractivity contribution in [3.63, 3.8) is 0 Å². The summed E-state index contributed by atoms with van der Waals surface area (Å²) in [7, 11) is 0. The number of halogens is 2. The van der Waals surface area contributed by atoms with Crippen LogP contribution >= 0.6 is 33.9 Å². The van der Waals surface area contributed by atoms with E-state index < -0.39 is 5.82 Å². The number of likely N-dealkylation sites (tertiary alicyclic amines) is 1. The van der Waals surface area contributed by atoms with Crippen LogP contribution in [-0.4, -0.2) is 49.4 Å². The van der Waals surface area contributed by atoms with E-state index >= 15 is 0 Å². The number of benzene rings is 1. The van der Waals surface area contributed by atoms with Crippen LogP contribution in [-0.2, 0) is 6.42 Å². The van der Waals surface area contributed by atoms with E-state index in [0.717, 1.165) is 28.8 Å². The summed E-state index contributed by atoms with van der Waals surface area (Å²) in [6.45, 7) is 8.16. The molecule has 0 saturated carbocycles. The van der Waals surface area contributed by atoms with E-state index in [1.807, 2.05) is 0 Å². The molecule has 2 amide bonds. The second-order valence-electron chi connectivity index (χ2n) is 9.54. The van der Waals surface area contributed by atoms with E-state index in [9.17, 15) is 14.0 Å². The summed E-state index contributed by atoms with van der Waals surface area (Å²) >= 11 is 3.28. The van der Waals surface area contributed by atoms with Gasteiger partial charge in [-0.15, -0.1) is 11.3 Å². The lowest BCUT2D eigenvalue weighted by Gasteiger charge is -2.26. The van der Waals surface area contributed by atoms with Crippen LogP contribution in [0.1, 0.15) is 58.7 Å². The highest BCUT2D eigenvalue weighted by molar-refractivity contribution is 14.1. The lowest BCUT2D eigenvalue weighted by atomic mass is 9.85. The normalized spacial score (nSPS) is 18.2. The van der Waals surface area contributed by atoms with Crippen molar-refractivity contribution in [2.75, 3.05) is 38.0 Å². The monoisotopic (exact) mass is 584 g/mol. The molecule has 2 aliphatic heterocycles. The van der Waals surface area contributed by atoms with Gasteiger partial charge in [-0.3, -0.25) is 9.59 Å². The van der Waals surface area contributed by atoms with Gasteiger partial charge < -0.3 is 20.9 Å². The molecule has 0 atom stereocenters. The van der Waals surface area contributed by atoms with E-state index in [1.54, 1.807) is 12.1 Å². The molecule has 9 heteroatoms. The number of carbonyl (C=O) groups excluding carboxylic acids is 2. The fourth-order valence-electron chi connectivity index (χ4n) is 4.40. The minimum atomic E-state index is -0.397. The van der Waals surface area contributed by atoms with E-state index in [4.69, 9.17) is 0 Å². The third-order valence-corrected chi connectivity index (χ3v) is 7.98. The van der Waals surface area contributed by atoms with E-state index in [1.165, 1.54) is 36.7 Å². The van der Waals surface area contributed by atoms with Crippen LogP contribution in [0.5, 0.6) is 0 Å². The molecule has 3 heterocycles. The largest absolute Gasteiger partial charge is 0.351 e. The SMILES string of the molecule is CC1(C)CNC(=O)c2sc(Nc3ccc(I)cc3F)c(C(=O)NCCN3CCCCC3)c2C1. The number of fused-ring (bicyclic) bond motifs is 1. The molecular weight excluding hydrogens is 554 g/mol. The Morgan fingerprint density at radius 3 is 2.76 bits per heavy atom.